The highest BCUT2D eigenvalue weighted by atomic mass is 32.2. The molecular weight excluding hydrogens is 526 g/mol. The van der Waals surface area contributed by atoms with Crippen molar-refractivity contribution in [3.05, 3.63) is 41.4 Å². The van der Waals surface area contributed by atoms with Crippen LogP contribution in [0.4, 0.5) is 11.5 Å². The van der Waals surface area contributed by atoms with Crippen molar-refractivity contribution >= 4 is 38.8 Å². The van der Waals surface area contributed by atoms with E-state index < -0.39 is 15.9 Å². The van der Waals surface area contributed by atoms with E-state index in [0.717, 1.165) is 42.9 Å². The minimum absolute atomic E-state index is 0.234. The highest BCUT2D eigenvalue weighted by Gasteiger charge is 2.35. The molecule has 2 fully saturated rings. The number of piperidine rings is 1. The van der Waals surface area contributed by atoms with E-state index in [1.807, 2.05) is 6.92 Å². The van der Waals surface area contributed by atoms with Gasteiger partial charge in [0.15, 0.2) is 5.01 Å². The van der Waals surface area contributed by atoms with Gasteiger partial charge in [0.05, 0.1) is 40.5 Å². The molecule has 2 aliphatic rings. The van der Waals surface area contributed by atoms with E-state index in [9.17, 15) is 13.2 Å². The Labute approximate surface area is 226 Å². The van der Waals surface area contributed by atoms with Crippen LogP contribution in [0.2, 0.25) is 0 Å². The van der Waals surface area contributed by atoms with E-state index in [0.29, 0.717) is 42.6 Å². The molecule has 0 aromatic carbocycles. The Morgan fingerprint density at radius 2 is 1.97 bits per heavy atom. The van der Waals surface area contributed by atoms with Crippen LogP contribution in [0.25, 0.3) is 10.6 Å². The molecule has 0 spiro atoms. The summed E-state index contributed by atoms with van der Waals surface area (Å²) >= 11 is 1.25. The van der Waals surface area contributed by atoms with Crippen LogP contribution in [0.15, 0.2) is 30.7 Å². The van der Waals surface area contributed by atoms with Crippen LogP contribution in [0.5, 0.6) is 5.88 Å². The second-order valence-electron chi connectivity index (χ2n) is 9.65. The van der Waals surface area contributed by atoms with E-state index in [-0.39, 0.29) is 16.1 Å². The summed E-state index contributed by atoms with van der Waals surface area (Å²) in [7, 11) is -1.30. The molecule has 38 heavy (non-hydrogen) atoms. The number of ether oxygens (including phenoxy) is 1. The molecule has 0 unspecified atom stereocenters. The predicted octanol–water partition coefficient (Wildman–Crippen LogP) is 3.43. The Balaban J connectivity index is 1.38. The average molecular weight is 558 g/mol. The maximum atomic E-state index is 13.2. The average Bonchev–Trinajstić information content (AvgIpc) is 3.67. The van der Waals surface area contributed by atoms with Crippen molar-refractivity contribution in [2.24, 2.45) is 5.92 Å². The normalized spacial score (nSPS) is 16.8. The van der Waals surface area contributed by atoms with Gasteiger partial charge in [-0.25, -0.2) is 23.4 Å². The molecule has 1 aliphatic heterocycles. The maximum absolute atomic E-state index is 13.2. The zero-order valence-electron chi connectivity index (χ0n) is 21.4. The van der Waals surface area contributed by atoms with Gasteiger partial charge in [0.25, 0.3) is 5.91 Å². The first-order valence-electron chi connectivity index (χ1n) is 12.7. The number of nitrogens with zero attached hydrogens (tertiary/aromatic N) is 5. The molecule has 1 amide bonds. The monoisotopic (exact) mass is 557 g/mol. The molecule has 11 nitrogen and oxygen atoms in total. The van der Waals surface area contributed by atoms with Crippen LogP contribution in [0.1, 0.15) is 48.1 Å². The first-order chi connectivity index (χ1) is 18.3. The van der Waals surface area contributed by atoms with Gasteiger partial charge in [-0.15, -0.1) is 11.3 Å². The Morgan fingerprint density at radius 1 is 1.18 bits per heavy atom. The minimum Gasteiger partial charge on any atom is -0.477 e. The number of hydrogen-bond donors (Lipinski definition) is 2. The fourth-order valence-corrected chi connectivity index (χ4v) is 6.68. The van der Waals surface area contributed by atoms with Crippen LogP contribution in [0.3, 0.4) is 0 Å². The molecule has 13 heteroatoms. The van der Waals surface area contributed by atoms with E-state index in [1.165, 1.54) is 23.6 Å². The number of carbonyl (C=O) groups is 1. The summed E-state index contributed by atoms with van der Waals surface area (Å²) in [5, 5.41) is 2.68. The number of nitrogens with one attached hydrogen (secondary N) is 2. The number of thiazole rings is 1. The summed E-state index contributed by atoms with van der Waals surface area (Å²) in [6.45, 7) is 4.42. The lowest BCUT2D eigenvalue weighted by atomic mass is 9.92. The second-order valence-corrected chi connectivity index (χ2v) is 12.6. The van der Waals surface area contributed by atoms with Crippen LogP contribution in [-0.2, 0) is 16.4 Å². The summed E-state index contributed by atoms with van der Waals surface area (Å²) in [4.78, 5) is 34.1. The lowest BCUT2D eigenvalue weighted by Gasteiger charge is -2.28. The Kier molecular flexibility index (Phi) is 7.86. The number of aromatic nitrogens is 4. The Hall–Kier alpha value is -3.16. The summed E-state index contributed by atoms with van der Waals surface area (Å²) < 4.78 is 32.7. The number of sulfonamides is 1. The number of likely N-dealkylation sites (tertiary alicyclic amines) is 1. The molecule has 2 N–H and O–H groups in total. The van der Waals surface area contributed by atoms with E-state index in [4.69, 9.17) is 9.72 Å². The molecule has 1 saturated heterocycles. The molecule has 202 valence electrons. The van der Waals surface area contributed by atoms with Gasteiger partial charge < -0.3 is 15.0 Å². The molecule has 1 saturated carbocycles. The second kappa shape index (κ2) is 11.3. The van der Waals surface area contributed by atoms with Gasteiger partial charge in [0, 0.05) is 12.3 Å². The lowest BCUT2D eigenvalue weighted by molar-refractivity contribution is 0.102. The van der Waals surface area contributed by atoms with Gasteiger partial charge in [-0.2, -0.15) is 0 Å². The number of carbonyl (C=O) groups excluding carboxylic acids is 1. The maximum Gasteiger partial charge on any atom is 0.285 e. The van der Waals surface area contributed by atoms with Crippen molar-refractivity contribution < 1.29 is 17.9 Å². The van der Waals surface area contributed by atoms with Gasteiger partial charge >= 0.3 is 0 Å². The predicted molar refractivity (Wildman–Crippen MR) is 146 cm³/mol. The molecule has 1 aliphatic carbocycles. The number of hydrogen-bond acceptors (Lipinski definition) is 10. The van der Waals surface area contributed by atoms with Crippen LogP contribution in [-0.4, -0.2) is 71.2 Å². The van der Waals surface area contributed by atoms with Crippen molar-refractivity contribution in [2.75, 3.05) is 36.8 Å². The number of anilines is 2. The van der Waals surface area contributed by atoms with Crippen LogP contribution < -0.4 is 14.8 Å². The molecule has 4 heterocycles. The molecule has 0 bridgehead atoms. The molecule has 0 radical (unpaired) electrons. The number of pyridine rings is 1. The van der Waals surface area contributed by atoms with Gasteiger partial charge in [0.1, 0.15) is 11.5 Å². The SMILES string of the molecule is CCOc1cncc(-c2sc(C(=O)Nc3cc(NS(=O)(=O)C4CC4)ccn3)nc2CC2CCN(C)CC2)n1. The van der Waals surface area contributed by atoms with Gasteiger partial charge in [-0.3, -0.25) is 14.5 Å². The Bertz CT molecular complexity index is 1400. The third-order valence-corrected chi connectivity index (χ3v) is 9.56. The minimum atomic E-state index is -3.42. The number of rotatable bonds is 10. The summed E-state index contributed by atoms with van der Waals surface area (Å²) in [6.07, 6.45) is 8.86. The standard InChI is InChI=1S/C25H31N7O4S2/c1-3-36-22-15-26-14-20(28-22)23-19(12-16-7-10-32(2)11-8-16)29-25(37-23)24(33)30-21-13-17(6-9-27-21)31-38(34,35)18-4-5-18/h6,9,13-16,18H,3-5,7-8,10-12H2,1-2H3,(H2,27,30,31,33). The third kappa shape index (κ3) is 6.45. The molecule has 3 aromatic heterocycles. The molecule has 0 atom stereocenters. The summed E-state index contributed by atoms with van der Waals surface area (Å²) in [5.41, 5.74) is 1.79. The topological polar surface area (TPSA) is 139 Å². The van der Waals surface area contributed by atoms with Crippen molar-refractivity contribution in [1.29, 1.82) is 0 Å². The van der Waals surface area contributed by atoms with Gasteiger partial charge in [-0.1, -0.05) is 0 Å². The first kappa shape index (κ1) is 26.4. The van der Waals surface area contributed by atoms with E-state index >= 15 is 0 Å². The van der Waals surface area contributed by atoms with Crippen LogP contribution in [0, 0.1) is 5.92 Å². The van der Waals surface area contributed by atoms with Crippen molar-refractivity contribution in [3.8, 4) is 16.5 Å². The first-order valence-corrected chi connectivity index (χ1v) is 15.1. The number of amides is 1. The molecule has 5 rings (SSSR count). The fourth-order valence-electron chi connectivity index (χ4n) is 4.36. The lowest BCUT2D eigenvalue weighted by Crippen LogP contribution is -2.31. The molecule has 3 aromatic rings. The summed E-state index contributed by atoms with van der Waals surface area (Å²) in [6, 6.07) is 3.06. The highest BCUT2D eigenvalue weighted by Crippen LogP contribution is 2.34. The fraction of sp³-hybridized carbons (Fsp3) is 0.480. The zero-order chi connectivity index (χ0) is 26.7. The van der Waals surface area contributed by atoms with E-state index in [1.54, 1.807) is 18.5 Å². The van der Waals surface area contributed by atoms with Crippen LogP contribution >= 0.6 is 11.3 Å². The van der Waals surface area contributed by atoms with E-state index in [2.05, 4.69) is 36.9 Å². The highest BCUT2D eigenvalue weighted by molar-refractivity contribution is 7.93. The largest absolute Gasteiger partial charge is 0.477 e. The smallest absolute Gasteiger partial charge is 0.285 e. The summed E-state index contributed by atoms with van der Waals surface area (Å²) in [5.74, 6) is 0.695. The van der Waals surface area contributed by atoms with Crippen molar-refractivity contribution in [2.45, 2.75) is 44.3 Å². The quantitative estimate of drug-likeness (QED) is 0.384. The Morgan fingerprint density at radius 3 is 2.71 bits per heavy atom. The van der Waals surface area contributed by atoms with Gasteiger partial charge in [-0.05, 0) is 71.1 Å². The third-order valence-electron chi connectivity index (χ3n) is 6.57. The van der Waals surface area contributed by atoms with Gasteiger partial charge in [0.2, 0.25) is 15.9 Å². The zero-order valence-corrected chi connectivity index (χ0v) is 23.0. The van der Waals surface area contributed by atoms with Crippen molar-refractivity contribution in [3.63, 3.8) is 0 Å². The molecular formula is C25H31N7O4S2. The van der Waals surface area contributed by atoms with Crippen molar-refractivity contribution in [1.82, 2.24) is 24.8 Å².